The monoisotopic (exact) mass is 1220 g/mol. The summed E-state index contributed by atoms with van der Waals surface area (Å²) in [7, 11) is -1.19. The molecule has 1 N–H and O–H groups in total. The van der Waals surface area contributed by atoms with Crippen LogP contribution in [0.25, 0.3) is 0 Å². The number of aromatic nitrogens is 2. The summed E-state index contributed by atoms with van der Waals surface area (Å²) in [5, 5.41) is 27.2. The first-order valence-corrected chi connectivity index (χ1v) is 33.3. The molecule has 19 nitrogen and oxygen atoms in total. The number of nitro groups is 1. The van der Waals surface area contributed by atoms with Gasteiger partial charge in [-0.05, 0) is 138 Å². The number of rotatable bonds is 30. The first-order valence-electron chi connectivity index (χ1n) is 30.0. The molecule has 0 saturated carbocycles. The lowest BCUT2D eigenvalue weighted by molar-refractivity contribution is -0.386. The van der Waals surface area contributed by atoms with Gasteiger partial charge < -0.3 is 42.5 Å². The van der Waals surface area contributed by atoms with Gasteiger partial charge in [-0.25, -0.2) is 9.46 Å². The molecule has 0 radical (unpaired) electrons. The Morgan fingerprint density at radius 2 is 1.35 bits per heavy atom. The van der Waals surface area contributed by atoms with E-state index in [0.29, 0.717) is 35.7 Å². The zero-order chi connectivity index (χ0) is 62.7. The predicted molar refractivity (Wildman–Crippen MR) is 337 cm³/mol. The van der Waals surface area contributed by atoms with Crippen LogP contribution in [0, 0.1) is 21.4 Å². The molecule has 4 aromatic carbocycles. The highest BCUT2D eigenvalue weighted by molar-refractivity contribution is 7.44. The number of benzene rings is 4. The van der Waals surface area contributed by atoms with Crippen LogP contribution in [-0.2, 0) is 44.7 Å². The summed E-state index contributed by atoms with van der Waals surface area (Å²) >= 11 is 0. The number of nitrogens with one attached hydrogen (secondary N) is 1. The summed E-state index contributed by atoms with van der Waals surface area (Å²) in [5.74, 6) is 1.72. The standard InChI is InChI=1S/C65H92N7O12PSi/c1-44(2)70(45(3)4)85(81-38-22-36-66)84-59-57(42-79-65(50-24-18-17-19-25-50,51-27-31-54(76-15)32-28-51)52-29-33-55(77-16)34-30-52)83-61(60(59)78-43-82-86(46(5)6,47(7)8)48(9)10)69-37-35-58(68-62(69)73)67-53-39-63(11,12)72(64(13,14)40-53)80-41-49-23-20-21-26-56(49)71(74)75/h17-21,23-35,37,44-48,53,57,59-61H,22,38-43H2,1-16H3,(H,67,68,73)/t57-,59-,60-,61-,85?/m1/s1. The van der Waals surface area contributed by atoms with Gasteiger partial charge in [0.15, 0.2) is 6.23 Å². The Labute approximate surface area is 511 Å². The fourth-order valence-corrected chi connectivity index (χ4v) is 20.4. The van der Waals surface area contributed by atoms with Gasteiger partial charge >= 0.3 is 5.69 Å². The molecule has 1 aromatic heterocycles. The van der Waals surface area contributed by atoms with Crippen LogP contribution in [0.2, 0.25) is 16.6 Å². The maximum absolute atomic E-state index is 15.0. The Balaban J connectivity index is 1.32. The van der Waals surface area contributed by atoms with E-state index in [2.05, 4.69) is 113 Å². The number of nitrogens with zero attached hydrogens (tertiary/aromatic N) is 6. The average molecular weight is 1220 g/mol. The predicted octanol–water partition coefficient (Wildman–Crippen LogP) is 13.8. The van der Waals surface area contributed by atoms with E-state index in [9.17, 15) is 15.4 Å². The van der Waals surface area contributed by atoms with Gasteiger partial charge in [0.2, 0.25) is 8.32 Å². The van der Waals surface area contributed by atoms with Crippen molar-refractivity contribution in [1.29, 1.82) is 5.26 Å². The summed E-state index contributed by atoms with van der Waals surface area (Å²) in [4.78, 5) is 37.6. The second-order valence-corrected chi connectivity index (χ2v) is 31.9. The Morgan fingerprint density at radius 3 is 1.86 bits per heavy atom. The SMILES string of the molecule is COc1ccc(C(OC[C@H]2O[C@@H](n3ccc(NC4CC(C)(C)N(OCc5ccccc5[N+](=O)[O-])C(C)(C)C4)nc3=O)[C@H](OCO[Si](C(C)C)(C(C)C)C(C)C)[C@@H]2OP(OCCC#N)N(C(C)C)C(C)C)(c2ccccc2)c2ccc(OC)cc2)cc1. The number of nitriles is 1. The van der Waals surface area contributed by atoms with Crippen molar-refractivity contribution in [3.05, 3.63) is 158 Å². The van der Waals surface area contributed by atoms with Gasteiger partial charge in [-0.2, -0.15) is 15.3 Å². The lowest BCUT2D eigenvalue weighted by Crippen LogP contribution is -2.62. The third kappa shape index (κ3) is 15.2. The molecule has 1 unspecified atom stereocenters. The molecular weight excluding hydrogens is 1130 g/mol. The van der Waals surface area contributed by atoms with Crippen molar-refractivity contribution in [2.75, 3.05) is 39.5 Å². The van der Waals surface area contributed by atoms with E-state index in [0.717, 1.165) is 16.7 Å². The topological polar surface area (TPSA) is 203 Å². The minimum atomic E-state index is -2.53. The molecule has 5 aromatic rings. The molecule has 0 bridgehead atoms. The lowest BCUT2D eigenvalue weighted by Gasteiger charge is -2.53. The molecule has 21 heteroatoms. The molecule has 2 saturated heterocycles. The number of ether oxygens (including phenoxy) is 5. The van der Waals surface area contributed by atoms with E-state index in [1.54, 1.807) is 44.7 Å². The third-order valence-electron chi connectivity index (χ3n) is 16.7. The highest BCUT2D eigenvalue weighted by Gasteiger charge is 2.53. The molecule has 468 valence electrons. The molecule has 5 atom stereocenters. The van der Waals surface area contributed by atoms with Crippen LogP contribution in [-0.4, -0.2) is 114 Å². The van der Waals surface area contributed by atoms with Gasteiger partial charge in [0.05, 0.1) is 50.4 Å². The molecule has 0 aliphatic carbocycles. The molecule has 0 spiro atoms. The smallest absolute Gasteiger partial charge is 0.351 e. The second-order valence-electron chi connectivity index (χ2n) is 25.0. The zero-order valence-electron chi connectivity index (χ0n) is 53.2. The number of anilines is 1. The molecule has 86 heavy (non-hydrogen) atoms. The molecule has 2 aliphatic rings. The Bertz CT molecular complexity index is 2970. The number of methoxy groups -OCH3 is 2. The van der Waals surface area contributed by atoms with Crippen LogP contribution in [0.3, 0.4) is 0 Å². The molecule has 2 aliphatic heterocycles. The molecule has 7 rings (SSSR count). The fraction of sp³-hybridized carbons (Fsp3) is 0.554. The Morgan fingerprint density at radius 1 is 0.802 bits per heavy atom. The van der Waals surface area contributed by atoms with E-state index >= 15 is 4.79 Å². The van der Waals surface area contributed by atoms with E-state index in [1.165, 1.54) is 10.6 Å². The number of hydroxylamine groups is 2. The van der Waals surface area contributed by atoms with Crippen LogP contribution in [0.4, 0.5) is 11.5 Å². The Kier molecular flexibility index (Phi) is 23.3. The van der Waals surface area contributed by atoms with Gasteiger partial charge in [0, 0.05) is 41.5 Å². The summed E-state index contributed by atoms with van der Waals surface area (Å²) in [6.07, 6.45) is -1.05. The van der Waals surface area contributed by atoms with Crippen LogP contribution in [0.1, 0.15) is 145 Å². The van der Waals surface area contributed by atoms with E-state index in [4.69, 9.17) is 47.0 Å². The van der Waals surface area contributed by atoms with Crippen LogP contribution < -0.4 is 20.5 Å². The largest absolute Gasteiger partial charge is 0.497 e. The second kappa shape index (κ2) is 29.6. The van der Waals surface area contributed by atoms with Crippen molar-refractivity contribution in [2.45, 2.75) is 199 Å². The van der Waals surface area contributed by atoms with Crippen molar-refractivity contribution in [3.8, 4) is 17.6 Å². The van der Waals surface area contributed by atoms with Crippen molar-refractivity contribution >= 4 is 28.3 Å². The third-order valence-corrected chi connectivity index (χ3v) is 24.8. The lowest BCUT2D eigenvalue weighted by atomic mass is 9.79. The van der Waals surface area contributed by atoms with Crippen LogP contribution in [0.5, 0.6) is 11.5 Å². The fourth-order valence-electron chi connectivity index (χ4n) is 13.3. The number of piperidine rings is 1. The van der Waals surface area contributed by atoms with Crippen molar-refractivity contribution in [2.24, 2.45) is 0 Å². The van der Waals surface area contributed by atoms with Crippen molar-refractivity contribution in [3.63, 3.8) is 0 Å². The van der Waals surface area contributed by atoms with Crippen molar-refractivity contribution < 1.29 is 46.9 Å². The van der Waals surface area contributed by atoms with E-state index in [-0.39, 0.29) is 73.5 Å². The molecule has 0 amide bonds. The van der Waals surface area contributed by atoms with Crippen molar-refractivity contribution in [1.82, 2.24) is 19.3 Å². The van der Waals surface area contributed by atoms with Gasteiger partial charge in [-0.15, -0.1) is 0 Å². The Hall–Kier alpha value is -5.66. The number of hydrogen-bond acceptors (Lipinski definition) is 17. The number of hydrogen-bond donors (Lipinski definition) is 1. The maximum atomic E-state index is 15.0. The first-order chi connectivity index (χ1) is 40.8. The maximum Gasteiger partial charge on any atom is 0.351 e. The van der Waals surface area contributed by atoms with Gasteiger partial charge in [-0.1, -0.05) is 108 Å². The van der Waals surface area contributed by atoms with Gasteiger partial charge in [-0.3, -0.25) is 19.5 Å². The summed E-state index contributed by atoms with van der Waals surface area (Å²) < 4.78 is 58.1. The van der Waals surface area contributed by atoms with Gasteiger partial charge in [0.25, 0.3) is 14.2 Å². The molecular formula is C65H92N7O12PSi. The van der Waals surface area contributed by atoms with Crippen LogP contribution in [0.15, 0.2) is 120 Å². The van der Waals surface area contributed by atoms with E-state index in [1.807, 2.05) is 83.9 Å². The normalized spacial score (nSPS) is 19.6. The summed E-state index contributed by atoms with van der Waals surface area (Å²) in [6, 6.07) is 35.9. The average Bonchev–Trinajstić information content (AvgIpc) is 1.56. The minimum absolute atomic E-state index is 0.00295. The number of nitro benzene ring substituents is 1. The molecule has 2 fully saturated rings. The van der Waals surface area contributed by atoms with E-state index < -0.39 is 68.7 Å². The summed E-state index contributed by atoms with van der Waals surface area (Å²) in [6.45, 7) is 29.9. The van der Waals surface area contributed by atoms with Crippen LogP contribution >= 0.6 is 8.53 Å². The highest BCUT2D eigenvalue weighted by Crippen LogP contribution is 2.52. The summed E-state index contributed by atoms with van der Waals surface area (Å²) in [5.41, 5.74) is 0.693. The quantitative estimate of drug-likeness (QED) is 0.00863. The molecule has 3 heterocycles. The zero-order valence-corrected chi connectivity index (χ0v) is 55.1. The highest BCUT2D eigenvalue weighted by atomic mass is 31.2. The number of para-hydroxylation sites is 1. The minimum Gasteiger partial charge on any atom is -0.497 e. The first kappa shape index (κ1) is 67.8. The van der Waals surface area contributed by atoms with Gasteiger partial charge in [0.1, 0.15) is 54.6 Å².